The van der Waals surface area contributed by atoms with Crippen molar-refractivity contribution in [3.63, 3.8) is 0 Å². The van der Waals surface area contributed by atoms with E-state index in [2.05, 4.69) is 0 Å². The second kappa shape index (κ2) is 9.21. The number of aliphatic hydroxyl groups excluding tert-OH is 1. The molecule has 5 rings (SSSR count). The van der Waals surface area contributed by atoms with Gasteiger partial charge in [0.1, 0.15) is 23.4 Å². The highest BCUT2D eigenvalue weighted by atomic mass is 16.6. The molecule has 11 atom stereocenters. The average Bonchev–Trinajstić information content (AvgIpc) is 3.06. The molecule has 0 aromatic rings. The van der Waals surface area contributed by atoms with Gasteiger partial charge in [0.05, 0.1) is 17.1 Å². The third kappa shape index (κ3) is 3.38. The van der Waals surface area contributed by atoms with Crippen LogP contribution in [0.15, 0.2) is 23.3 Å². The number of rotatable bonds is 4. The summed E-state index contributed by atoms with van der Waals surface area (Å²) in [6.07, 6.45) is 2.16. The first-order valence-electron chi connectivity index (χ1n) is 14.5. The molecule has 222 valence electrons. The Labute approximate surface area is 235 Å². The molecule has 0 amide bonds. The number of carbonyl (C=O) groups is 3. The van der Waals surface area contributed by atoms with Gasteiger partial charge in [0.2, 0.25) is 0 Å². The van der Waals surface area contributed by atoms with Crippen LogP contribution in [0.2, 0.25) is 0 Å². The smallest absolute Gasteiger partial charge is 0.333 e. The molecule has 0 saturated heterocycles. The van der Waals surface area contributed by atoms with E-state index in [1.54, 1.807) is 13.0 Å². The highest BCUT2D eigenvalue weighted by molar-refractivity contribution is 5.97. The fourth-order valence-corrected chi connectivity index (χ4v) is 9.70. The fraction of sp³-hybridized carbons (Fsp3) is 0.774. The van der Waals surface area contributed by atoms with Gasteiger partial charge in [0.15, 0.2) is 5.78 Å². The van der Waals surface area contributed by atoms with E-state index in [9.17, 15) is 29.7 Å². The van der Waals surface area contributed by atoms with Crippen molar-refractivity contribution in [3.05, 3.63) is 23.3 Å². The summed E-state index contributed by atoms with van der Waals surface area (Å²) in [5, 5.41) is 37.2. The van der Waals surface area contributed by atoms with Crippen molar-refractivity contribution in [2.45, 2.75) is 115 Å². The number of esters is 2. The van der Waals surface area contributed by atoms with Crippen LogP contribution in [0, 0.1) is 28.6 Å². The second-order valence-corrected chi connectivity index (χ2v) is 13.5. The molecule has 0 aromatic heterocycles. The quantitative estimate of drug-likeness (QED) is 0.443. The Kier molecular flexibility index (Phi) is 6.78. The van der Waals surface area contributed by atoms with E-state index >= 15 is 0 Å². The number of methoxy groups -OCH3 is 1. The lowest BCUT2D eigenvalue weighted by atomic mass is 9.41. The summed E-state index contributed by atoms with van der Waals surface area (Å²) in [7, 11) is 1.51. The molecule has 40 heavy (non-hydrogen) atoms. The van der Waals surface area contributed by atoms with Crippen LogP contribution in [0.25, 0.3) is 0 Å². The summed E-state index contributed by atoms with van der Waals surface area (Å²) >= 11 is 0. The number of hydrogen-bond donors (Lipinski definition) is 3. The van der Waals surface area contributed by atoms with Crippen molar-refractivity contribution in [2.75, 3.05) is 7.11 Å². The van der Waals surface area contributed by atoms with Crippen LogP contribution in [-0.4, -0.2) is 75.3 Å². The van der Waals surface area contributed by atoms with Gasteiger partial charge in [-0.25, -0.2) is 4.79 Å². The topological polar surface area (TPSA) is 140 Å². The zero-order valence-electron chi connectivity index (χ0n) is 24.7. The van der Waals surface area contributed by atoms with E-state index in [1.807, 2.05) is 27.7 Å². The van der Waals surface area contributed by atoms with Gasteiger partial charge in [-0.05, 0) is 64.4 Å². The number of aliphatic hydroxyl groups is 3. The Bertz CT molecular complexity index is 1190. The highest BCUT2D eigenvalue weighted by Gasteiger charge is 2.80. The Morgan fingerprint density at radius 1 is 1.18 bits per heavy atom. The van der Waals surface area contributed by atoms with Crippen molar-refractivity contribution in [3.8, 4) is 0 Å². The number of carbonyl (C=O) groups excluding carboxylic acids is 3. The molecule has 1 heterocycles. The molecule has 9 heteroatoms. The van der Waals surface area contributed by atoms with E-state index in [0.29, 0.717) is 31.3 Å². The average molecular weight is 561 g/mol. The minimum absolute atomic E-state index is 0.0597. The molecule has 3 N–H and O–H groups in total. The van der Waals surface area contributed by atoms with Crippen molar-refractivity contribution in [1.82, 2.24) is 0 Å². The Morgan fingerprint density at radius 3 is 2.45 bits per heavy atom. The monoisotopic (exact) mass is 560 g/mol. The molecule has 5 aliphatic rings. The normalized spacial score (nSPS) is 49.1. The lowest BCUT2D eigenvalue weighted by Gasteiger charge is -2.67. The Hall–Kier alpha value is -2.07. The van der Waals surface area contributed by atoms with Gasteiger partial charge in [-0.2, -0.15) is 0 Å². The van der Waals surface area contributed by atoms with Crippen LogP contribution in [0.1, 0.15) is 80.1 Å². The molecule has 1 aliphatic heterocycles. The summed E-state index contributed by atoms with van der Waals surface area (Å²) in [5.74, 6) is -2.86. The SMILES string of the molecule is CO[C@]12CC=CC(=O)[C@]1(C)[C@H]1CC[C@@]3(C)[C@](O)([C@@H](OC(C)=O)C[C@@]3(O)[C@H](C)[C@H]3CC(C)=C(C)C(=O)O3)[C@@H]1C[C@H]2O. The maximum absolute atomic E-state index is 13.6. The van der Waals surface area contributed by atoms with Gasteiger partial charge >= 0.3 is 11.9 Å². The van der Waals surface area contributed by atoms with Gasteiger partial charge in [0.25, 0.3) is 0 Å². The largest absolute Gasteiger partial charge is 0.459 e. The summed E-state index contributed by atoms with van der Waals surface area (Å²) in [6.45, 7) is 10.3. The highest BCUT2D eigenvalue weighted by Crippen LogP contribution is 2.71. The van der Waals surface area contributed by atoms with Crippen LogP contribution >= 0.6 is 0 Å². The number of hydrogen-bond acceptors (Lipinski definition) is 9. The zero-order valence-corrected chi connectivity index (χ0v) is 24.7. The standard InChI is InChI=1S/C31H44O9/c1-16-13-22(40-26(35)17(16)2)18(3)29(36)15-25(39-19(4)32)31(37)21-14-24(34)30(38-7)11-8-9-23(33)28(30,6)20(21)10-12-27(29,31)5/h8-9,18,20-22,24-25,34,36-37H,10-15H2,1-7H3/t18-,20+,21-,22-,24-,25+,27-,28+,29-,30+,31-/m1/s1. The second-order valence-electron chi connectivity index (χ2n) is 13.5. The maximum Gasteiger partial charge on any atom is 0.333 e. The van der Waals surface area contributed by atoms with E-state index in [1.165, 1.54) is 20.1 Å². The van der Waals surface area contributed by atoms with Crippen molar-refractivity contribution >= 4 is 17.7 Å². The molecule has 3 fully saturated rings. The van der Waals surface area contributed by atoms with Crippen LogP contribution in [-0.2, 0) is 28.6 Å². The molecule has 0 bridgehead atoms. The lowest BCUT2D eigenvalue weighted by molar-refractivity contribution is -0.295. The van der Waals surface area contributed by atoms with Gasteiger partial charge in [-0.3, -0.25) is 9.59 Å². The minimum atomic E-state index is -1.77. The third-order valence-electron chi connectivity index (χ3n) is 12.4. The molecule has 0 spiro atoms. The number of ketones is 1. The number of fused-ring (bicyclic) bond motifs is 5. The zero-order chi connectivity index (χ0) is 29.6. The maximum atomic E-state index is 13.6. The van der Waals surface area contributed by atoms with E-state index in [0.717, 1.165) is 5.57 Å². The molecular formula is C31H44O9. The van der Waals surface area contributed by atoms with Crippen LogP contribution in [0.5, 0.6) is 0 Å². The first-order chi connectivity index (χ1) is 18.5. The summed E-state index contributed by atoms with van der Waals surface area (Å²) < 4.78 is 17.5. The lowest BCUT2D eigenvalue weighted by Crippen LogP contribution is -2.75. The van der Waals surface area contributed by atoms with Gasteiger partial charge in [-0.15, -0.1) is 0 Å². The fourth-order valence-electron chi connectivity index (χ4n) is 9.70. The van der Waals surface area contributed by atoms with Crippen molar-refractivity contribution in [2.24, 2.45) is 28.6 Å². The number of ether oxygens (including phenoxy) is 3. The van der Waals surface area contributed by atoms with Crippen molar-refractivity contribution in [1.29, 1.82) is 0 Å². The molecule has 0 radical (unpaired) electrons. The predicted molar refractivity (Wildman–Crippen MR) is 144 cm³/mol. The number of allylic oxidation sites excluding steroid dienone is 1. The summed E-state index contributed by atoms with van der Waals surface area (Å²) in [5.41, 5.74) is -5.40. The Morgan fingerprint density at radius 2 is 1.85 bits per heavy atom. The van der Waals surface area contributed by atoms with Crippen LogP contribution in [0.4, 0.5) is 0 Å². The van der Waals surface area contributed by atoms with Gasteiger partial charge < -0.3 is 29.5 Å². The van der Waals surface area contributed by atoms with Gasteiger partial charge in [0, 0.05) is 43.8 Å². The van der Waals surface area contributed by atoms with E-state index in [4.69, 9.17) is 14.2 Å². The van der Waals surface area contributed by atoms with E-state index < -0.39 is 75.6 Å². The van der Waals surface area contributed by atoms with Crippen LogP contribution < -0.4 is 0 Å². The van der Waals surface area contributed by atoms with Gasteiger partial charge in [-0.1, -0.05) is 25.5 Å². The van der Waals surface area contributed by atoms with Crippen LogP contribution in [0.3, 0.4) is 0 Å². The summed E-state index contributed by atoms with van der Waals surface area (Å²) in [6, 6.07) is 0. The molecule has 9 nitrogen and oxygen atoms in total. The molecule has 0 aromatic carbocycles. The predicted octanol–water partition coefficient (Wildman–Crippen LogP) is 2.79. The Balaban J connectivity index is 1.62. The molecule has 0 unspecified atom stereocenters. The van der Waals surface area contributed by atoms with E-state index in [-0.39, 0.29) is 18.6 Å². The molecular weight excluding hydrogens is 516 g/mol. The molecule has 3 saturated carbocycles. The first-order valence-corrected chi connectivity index (χ1v) is 14.5. The third-order valence-corrected chi connectivity index (χ3v) is 12.4. The number of cyclic esters (lactones) is 1. The van der Waals surface area contributed by atoms with Crippen molar-refractivity contribution < 1.29 is 43.9 Å². The summed E-state index contributed by atoms with van der Waals surface area (Å²) in [4.78, 5) is 38.6. The first kappa shape index (κ1) is 29.4. The molecule has 4 aliphatic carbocycles. The minimum Gasteiger partial charge on any atom is -0.459 e.